The number of benzene rings is 2. The molecule has 8 heteroatoms. The highest BCUT2D eigenvalue weighted by Crippen LogP contribution is 2.29. The Bertz CT molecular complexity index is 1280. The van der Waals surface area contributed by atoms with Crippen LogP contribution in [0.2, 0.25) is 0 Å². The van der Waals surface area contributed by atoms with Crippen LogP contribution >= 0.6 is 0 Å². The Morgan fingerprint density at radius 1 is 1.19 bits per heavy atom. The first kappa shape index (κ1) is 20.3. The summed E-state index contributed by atoms with van der Waals surface area (Å²) in [6.45, 7) is 0. The van der Waals surface area contributed by atoms with Gasteiger partial charge < -0.3 is 19.6 Å². The lowest BCUT2D eigenvalue weighted by Gasteiger charge is -2.21. The molecule has 0 aliphatic rings. The SMILES string of the molecule is COc1ccccc1C(NC(=O)CCc1nc2ccccc2c(=O)[nH]1)c1nccn1C. The van der Waals surface area contributed by atoms with Gasteiger partial charge in [-0.3, -0.25) is 9.59 Å². The number of aromatic nitrogens is 4. The van der Waals surface area contributed by atoms with Crippen LogP contribution in [0.4, 0.5) is 0 Å². The van der Waals surface area contributed by atoms with Crippen LogP contribution in [0.25, 0.3) is 10.9 Å². The highest BCUT2D eigenvalue weighted by atomic mass is 16.5. The number of rotatable bonds is 7. The number of hydrogen-bond acceptors (Lipinski definition) is 5. The summed E-state index contributed by atoms with van der Waals surface area (Å²) < 4.78 is 7.35. The molecule has 0 saturated heterocycles. The molecule has 1 unspecified atom stereocenters. The fraction of sp³-hybridized carbons (Fsp3) is 0.217. The van der Waals surface area contributed by atoms with Gasteiger partial charge in [0.2, 0.25) is 5.91 Å². The summed E-state index contributed by atoms with van der Waals surface area (Å²) in [6, 6.07) is 14.2. The van der Waals surface area contributed by atoms with Gasteiger partial charge in [0.1, 0.15) is 23.4 Å². The van der Waals surface area contributed by atoms with Gasteiger partial charge in [-0.15, -0.1) is 0 Å². The summed E-state index contributed by atoms with van der Waals surface area (Å²) in [5.41, 5.74) is 1.22. The summed E-state index contributed by atoms with van der Waals surface area (Å²) in [6.07, 6.45) is 3.99. The normalized spacial score (nSPS) is 11.9. The Balaban J connectivity index is 1.55. The van der Waals surface area contributed by atoms with Crippen molar-refractivity contribution in [2.24, 2.45) is 7.05 Å². The van der Waals surface area contributed by atoms with E-state index in [4.69, 9.17) is 4.74 Å². The number of hydrogen-bond donors (Lipinski definition) is 2. The molecule has 2 heterocycles. The van der Waals surface area contributed by atoms with Crippen LogP contribution < -0.4 is 15.6 Å². The van der Waals surface area contributed by atoms with Crippen molar-refractivity contribution < 1.29 is 9.53 Å². The summed E-state index contributed by atoms with van der Waals surface area (Å²) in [5, 5.41) is 3.58. The standard InChI is InChI=1S/C23H23N5O3/c1-28-14-13-24-22(28)21(16-8-4-6-10-18(16)31-2)27-20(29)12-11-19-25-17-9-5-3-7-15(17)23(30)26-19/h3-10,13-14,21H,11-12H2,1-2H3,(H,27,29)(H,25,26,30). The minimum atomic E-state index is -0.479. The number of amides is 1. The van der Waals surface area contributed by atoms with Crippen LogP contribution in [0.15, 0.2) is 65.7 Å². The smallest absolute Gasteiger partial charge is 0.258 e. The average molecular weight is 417 g/mol. The second-order valence-corrected chi connectivity index (χ2v) is 7.17. The number of aryl methyl sites for hydroxylation is 2. The number of imidazole rings is 1. The molecule has 0 radical (unpaired) electrons. The lowest BCUT2D eigenvalue weighted by Crippen LogP contribution is -2.31. The third kappa shape index (κ3) is 4.32. The van der Waals surface area contributed by atoms with Crippen molar-refractivity contribution in [1.29, 1.82) is 0 Å². The van der Waals surface area contributed by atoms with Crippen molar-refractivity contribution in [1.82, 2.24) is 24.8 Å². The Morgan fingerprint density at radius 2 is 1.97 bits per heavy atom. The number of para-hydroxylation sites is 2. The zero-order valence-corrected chi connectivity index (χ0v) is 17.3. The molecule has 0 bridgehead atoms. The Labute approximate surface area is 178 Å². The van der Waals surface area contributed by atoms with Crippen molar-refractivity contribution in [2.75, 3.05) is 7.11 Å². The van der Waals surface area contributed by atoms with Crippen LogP contribution in [0.1, 0.15) is 29.7 Å². The average Bonchev–Trinajstić information content (AvgIpc) is 3.21. The summed E-state index contributed by atoms with van der Waals surface area (Å²) in [7, 11) is 3.47. The lowest BCUT2D eigenvalue weighted by molar-refractivity contribution is -0.121. The molecular weight excluding hydrogens is 394 g/mol. The van der Waals surface area contributed by atoms with E-state index in [1.54, 1.807) is 31.5 Å². The minimum absolute atomic E-state index is 0.164. The molecule has 0 fully saturated rings. The second-order valence-electron chi connectivity index (χ2n) is 7.17. The van der Waals surface area contributed by atoms with Crippen LogP contribution in [0, 0.1) is 0 Å². The molecule has 2 aromatic heterocycles. The van der Waals surface area contributed by atoms with Crippen molar-refractivity contribution >= 4 is 16.8 Å². The number of carbonyl (C=O) groups excluding carboxylic acids is 1. The second kappa shape index (κ2) is 8.83. The molecule has 0 spiro atoms. The fourth-order valence-corrected chi connectivity index (χ4v) is 3.56. The van der Waals surface area contributed by atoms with E-state index in [1.165, 1.54) is 0 Å². The first-order valence-corrected chi connectivity index (χ1v) is 9.94. The predicted molar refractivity (Wildman–Crippen MR) is 117 cm³/mol. The van der Waals surface area contributed by atoms with E-state index in [9.17, 15) is 9.59 Å². The molecule has 0 aliphatic carbocycles. The largest absolute Gasteiger partial charge is 0.496 e. The van der Waals surface area contributed by atoms with Crippen LogP contribution in [-0.2, 0) is 18.3 Å². The number of nitrogens with one attached hydrogen (secondary N) is 2. The first-order chi connectivity index (χ1) is 15.1. The molecule has 158 valence electrons. The molecule has 2 aromatic carbocycles. The van der Waals surface area contributed by atoms with E-state index in [1.807, 2.05) is 48.1 Å². The van der Waals surface area contributed by atoms with E-state index in [2.05, 4.69) is 20.3 Å². The van der Waals surface area contributed by atoms with Gasteiger partial charge in [-0.2, -0.15) is 0 Å². The van der Waals surface area contributed by atoms with Crippen molar-refractivity contribution in [3.05, 3.63) is 88.5 Å². The predicted octanol–water partition coefficient (Wildman–Crippen LogP) is 2.50. The number of ether oxygens (including phenoxy) is 1. The molecule has 2 N–H and O–H groups in total. The van der Waals surface area contributed by atoms with Gasteiger partial charge in [-0.25, -0.2) is 9.97 Å². The minimum Gasteiger partial charge on any atom is -0.496 e. The van der Waals surface area contributed by atoms with Crippen molar-refractivity contribution in [3.8, 4) is 5.75 Å². The van der Waals surface area contributed by atoms with Gasteiger partial charge in [-0.05, 0) is 18.2 Å². The summed E-state index contributed by atoms with van der Waals surface area (Å²) in [5.74, 6) is 1.64. The zero-order chi connectivity index (χ0) is 21.8. The van der Waals surface area contributed by atoms with Gasteiger partial charge in [0.15, 0.2) is 0 Å². The first-order valence-electron chi connectivity index (χ1n) is 9.94. The highest BCUT2D eigenvalue weighted by Gasteiger charge is 2.23. The van der Waals surface area contributed by atoms with E-state index in [0.29, 0.717) is 34.7 Å². The van der Waals surface area contributed by atoms with E-state index in [0.717, 1.165) is 5.56 Å². The maximum absolute atomic E-state index is 12.8. The van der Waals surface area contributed by atoms with Crippen LogP contribution in [0.3, 0.4) is 0 Å². The Kier molecular flexibility index (Phi) is 5.79. The number of H-pyrrole nitrogens is 1. The molecular formula is C23H23N5O3. The maximum atomic E-state index is 12.8. The van der Waals surface area contributed by atoms with E-state index in [-0.39, 0.29) is 17.9 Å². The van der Waals surface area contributed by atoms with Crippen LogP contribution in [-0.4, -0.2) is 32.5 Å². The number of aromatic amines is 1. The van der Waals surface area contributed by atoms with Gasteiger partial charge in [0.25, 0.3) is 5.56 Å². The summed E-state index contributed by atoms with van der Waals surface area (Å²) in [4.78, 5) is 36.7. The topological polar surface area (TPSA) is 102 Å². The van der Waals surface area contributed by atoms with E-state index < -0.39 is 6.04 Å². The molecule has 8 nitrogen and oxygen atoms in total. The molecule has 1 atom stereocenters. The van der Waals surface area contributed by atoms with Gasteiger partial charge in [0, 0.05) is 37.8 Å². The molecule has 31 heavy (non-hydrogen) atoms. The Hall–Kier alpha value is -3.94. The van der Waals surface area contributed by atoms with Crippen molar-refractivity contribution in [2.45, 2.75) is 18.9 Å². The van der Waals surface area contributed by atoms with Gasteiger partial charge in [0.05, 0.1) is 18.0 Å². The number of fused-ring (bicyclic) bond motifs is 1. The third-order valence-corrected chi connectivity index (χ3v) is 5.12. The van der Waals surface area contributed by atoms with Crippen LogP contribution in [0.5, 0.6) is 5.75 Å². The quantitative estimate of drug-likeness (QED) is 0.481. The monoisotopic (exact) mass is 417 g/mol. The van der Waals surface area contributed by atoms with E-state index >= 15 is 0 Å². The molecule has 4 rings (SSSR count). The fourth-order valence-electron chi connectivity index (χ4n) is 3.56. The number of methoxy groups -OCH3 is 1. The number of carbonyl (C=O) groups is 1. The molecule has 0 saturated carbocycles. The molecule has 4 aromatic rings. The van der Waals surface area contributed by atoms with Gasteiger partial charge in [-0.1, -0.05) is 30.3 Å². The van der Waals surface area contributed by atoms with Crippen molar-refractivity contribution in [3.63, 3.8) is 0 Å². The zero-order valence-electron chi connectivity index (χ0n) is 17.3. The molecule has 1 amide bonds. The van der Waals surface area contributed by atoms with Gasteiger partial charge >= 0.3 is 0 Å². The Morgan fingerprint density at radius 3 is 2.74 bits per heavy atom. The third-order valence-electron chi connectivity index (χ3n) is 5.12. The molecule has 0 aliphatic heterocycles. The number of nitrogens with zero attached hydrogens (tertiary/aromatic N) is 3. The highest BCUT2D eigenvalue weighted by molar-refractivity contribution is 5.78. The lowest BCUT2D eigenvalue weighted by atomic mass is 10.0. The maximum Gasteiger partial charge on any atom is 0.258 e. The summed E-state index contributed by atoms with van der Waals surface area (Å²) >= 11 is 0.